The second-order valence-corrected chi connectivity index (χ2v) is 10.3. The van der Waals surface area contributed by atoms with E-state index in [4.69, 9.17) is 11.6 Å². The van der Waals surface area contributed by atoms with Crippen molar-refractivity contribution in [2.75, 3.05) is 4.90 Å². The molecule has 3 unspecified atom stereocenters. The number of amides is 2. The normalized spacial score (nSPS) is 23.2. The van der Waals surface area contributed by atoms with E-state index in [1.54, 1.807) is 24.3 Å². The average molecular weight is 508 g/mol. The number of anilines is 1. The number of halogens is 2. The number of carbonyl (C=O) groups is 2. The number of rotatable bonds is 2. The van der Waals surface area contributed by atoms with Gasteiger partial charge in [-0.25, -0.2) is 4.90 Å². The Balaban J connectivity index is 1.64. The summed E-state index contributed by atoms with van der Waals surface area (Å²) in [5, 5.41) is 0.616. The smallest absolute Gasteiger partial charge is 0.305 e. The van der Waals surface area contributed by atoms with Crippen LogP contribution in [0.25, 0.3) is 0 Å². The predicted molar refractivity (Wildman–Crippen MR) is 118 cm³/mol. The summed E-state index contributed by atoms with van der Waals surface area (Å²) in [6, 6.07) is 14.3. The van der Waals surface area contributed by atoms with Crippen LogP contribution in [0.1, 0.15) is 16.4 Å². The summed E-state index contributed by atoms with van der Waals surface area (Å²) in [6.45, 7) is 0. The van der Waals surface area contributed by atoms with Crippen LogP contribution in [0.3, 0.4) is 0 Å². The molecule has 0 aliphatic carbocycles. The Labute approximate surface area is 187 Å². The minimum absolute atomic E-state index is 0.181. The summed E-state index contributed by atoms with van der Waals surface area (Å²) in [4.78, 5) is 43.5. The molecule has 1 aromatic heterocycles. The molecule has 2 aliphatic rings. The molecule has 2 aromatic carbocycles. The first-order valence-electron chi connectivity index (χ1n) is 8.72. The van der Waals surface area contributed by atoms with E-state index < -0.39 is 11.2 Å². The van der Waals surface area contributed by atoms with Gasteiger partial charge in [-0.05, 0) is 42.0 Å². The van der Waals surface area contributed by atoms with Crippen LogP contribution in [0.2, 0.25) is 5.02 Å². The minimum Gasteiger partial charge on any atom is -0.307 e. The number of thiazole rings is 1. The topological polar surface area (TPSA) is 70.2 Å². The lowest BCUT2D eigenvalue weighted by Crippen LogP contribution is -2.32. The largest absolute Gasteiger partial charge is 0.307 e. The molecule has 1 N–H and O–H groups in total. The van der Waals surface area contributed by atoms with Gasteiger partial charge in [0.1, 0.15) is 5.25 Å². The van der Waals surface area contributed by atoms with Crippen LogP contribution < -0.4 is 9.77 Å². The SMILES string of the molecule is O=C1C2Sc3[nH]c(=O)sc3C(c3ccc(Br)cc3)C2C(=O)N1c1ccc(Cl)cc1. The monoisotopic (exact) mass is 506 g/mol. The van der Waals surface area contributed by atoms with Gasteiger partial charge in [0.05, 0.1) is 16.6 Å². The fraction of sp³-hybridized carbons (Fsp3) is 0.150. The van der Waals surface area contributed by atoms with Crippen molar-refractivity contribution in [1.29, 1.82) is 0 Å². The second-order valence-electron chi connectivity index (χ2n) is 6.79. The van der Waals surface area contributed by atoms with Gasteiger partial charge >= 0.3 is 4.87 Å². The van der Waals surface area contributed by atoms with Crippen molar-refractivity contribution in [3.63, 3.8) is 0 Å². The van der Waals surface area contributed by atoms with Gasteiger partial charge in [0, 0.05) is 20.3 Å². The Morgan fingerprint density at radius 3 is 2.34 bits per heavy atom. The van der Waals surface area contributed by atoms with Gasteiger partial charge in [-0.1, -0.05) is 62.8 Å². The van der Waals surface area contributed by atoms with Crippen molar-refractivity contribution >= 4 is 68.1 Å². The molecule has 0 radical (unpaired) electrons. The Kier molecular flexibility index (Phi) is 4.70. The first-order valence-corrected chi connectivity index (χ1v) is 11.6. The maximum atomic E-state index is 13.5. The molecule has 3 heterocycles. The lowest BCUT2D eigenvalue weighted by Gasteiger charge is -2.29. The summed E-state index contributed by atoms with van der Waals surface area (Å²) < 4.78 is 0.919. The average Bonchev–Trinajstić information content (AvgIpc) is 3.19. The van der Waals surface area contributed by atoms with Crippen molar-refractivity contribution in [3.05, 3.63) is 78.1 Å². The zero-order chi connectivity index (χ0) is 20.3. The molecule has 3 aromatic rings. The number of hydrogen-bond acceptors (Lipinski definition) is 5. The highest BCUT2D eigenvalue weighted by Gasteiger charge is 2.56. The summed E-state index contributed by atoms with van der Waals surface area (Å²) in [5.41, 5.74) is 1.41. The van der Waals surface area contributed by atoms with Crippen LogP contribution in [0.4, 0.5) is 5.69 Å². The van der Waals surface area contributed by atoms with Gasteiger partial charge in [0.2, 0.25) is 11.8 Å². The number of carbonyl (C=O) groups excluding carboxylic acids is 2. The molecule has 29 heavy (non-hydrogen) atoms. The van der Waals surface area contributed by atoms with E-state index in [1.807, 2.05) is 24.3 Å². The van der Waals surface area contributed by atoms with E-state index in [9.17, 15) is 14.4 Å². The fourth-order valence-corrected chi connectivity index (χ4v) is 6.80. The fourth-order valence-electron chi connectivity index (χ4n) is 3.89. The first kappa shape index (κ1) is 19.1. The highest BCUT2D eigenvalue weighted by molar-refractivity contribution is 9.10. The molecule has 146 valence electrons. The van der Waals surface area contributed by atoms with E-state index >= 15 is 0 Å². The van der Waals surface area contributed by atoms with E-state index in [0.717, 1.165) is 26.3 Å². The molecular weight excluding hydrogens is 496 g/mol. The summed E-state index contributed by atoms with van der Waals surface area (Å²) in [7, 11) is 0. The Morgan fingerprint density at radius 2 is 1.66 bits per heavy atom. The van der Waals surface area contributed by atoms with Crippen LogP contribution in [-0.2, 0) is 9.59 Å². The molecule has 2 aliphatic heterocycles. The van der Waals surface area contributed by atoms with Gasteiger partial charge < -0.3 is 4.98 Å². The van der Waals surface area contributed by atoms with Crippen molar-refractivity contribution in [3.8, 4) is 0 Å². The third-order valence-corrected chi connectivity index (χ3v) is 8.32. The molecule has 0 bridgehead atoms. The van der Waals surface area contributed by atoms with Gasteiger partial charge in [-0.15, -0.1) is 0 Å². The van der Waals surface area contributed by atoms with Crippen LogP contribution in [0.5, 0.6) is 0 Å². The van der Waals surface area contributed by atoms with Crippen molar-refractivity contribution in [2.24, 2.45) is 5.92 Å². The summed E-state index contributed by atoms with van der Waals surface area (Å²) in [5.74, 6) is -1.47. The number of aromatic amines is 1. The Bertz CT molecular complexity index is 1190. The van der Waals surface area contributed by atoms with Gasteiger partial charge in [-0.2, -0.15) is 0 Å². The van der Waals surface area contributed by atoms with Gasteiger partial charge in [0.15, 0.2) is 0 Å². The highest BCUT2D eigenvalue weighted by Crippen LogP contribution is 2.53. The Hall–Kier alpha value is -1.87. The van der Waals surface area contributed by atoms with E-state index in [0.29, 0.717) is 15.7 Å². The van der Waals surface area contributed by atoms with Gasteiger partial charge in [-0.3, -0.25) is 14.4 Å². The maximum Gasteiger partial charge on any atom is 0.305 e. The number of H-pyrrole nitrogens is 1. The minimum atomic E-state index is -0.593. The second kappa shape index (κ2) is 7.12. The standard InChI is InChI=1S/C20H12BrClN2O3S2/c21-10-3-1-9(2-4-10)13-14-16(28-17-15(13)29-20(27)23-17)19(26)24(18(14)25)12-7-5-11(22)6-8-12/h1-8,13-14,16H,(H,23,27). The van der Waals surface area contributed by atoms with Crippen molar-refractivity contribution in [1.82, 2.24) is 4.98 Å². The van der Waals surface area contributed by atoms with Crippen molar-refractivity contribution < 1.29 is 9.59 Å². The number of hydrogen-bond donors (Lipinski definition) is 1. The highest BCUT2D eigenvalue weighted by atomic mass is 79.9. The molecule has 5 rings (SSSR count). The number of benzene rings is 2. The zero-order valence-electron chi connectivity index (χ0n) is 14.6. The summed E-state index contributed by atoms with van der Waals surface area (Å²) >= 11 is 11.8. The molecule has 0 saturated carbocycles. The summed E-state index contributed by atoms with van der Waals surface area (Å²) in [6.07, 6.45) is 0. The quantitative estimate of drug-likeness (QED) is 0.513. The molecule has 5 nitrogen and oxygen atoms in total. The van der Waals surface area contributed by atoms with Crippen molar-refractivity contribution in [2.45, 2.75) is 16.2 Å². The molecule has 2 amide bonds. The Morgan fingerprint density at radius 1 is 0.966 bits per heavy atom. The number of fused-ring (bicyclic) bond motifs is 2. The molecule has 1 saturated heterocycles. The number of nitrogens with zero attached hydrogens (tertiary/aromatic N) is 1. The molecule has 1 fully saturated rings. The first-order chi connectivity index (χ1) is 13.9. The molecule has 0 spiro atoms. The van der Waals surface area contributed by atoms with E-state index in [-0.39, 0.29) is 22.6 Å². The van der Waals surface area contributed by atoms with Crippen LogP contribution in [-0.4, -0.2) is 22.0 Å². The van der Waals surface area contributed by atoms with Crippen LogP contribution >= 0.6 is 50.6 Å². The zero-order valence-corrected chi connectivity index (χ0v) is 18.6. The number of thioether (sulfide) groups is 1. The van der Waals surface area contributed by atoms with Crippen LogP contribution in [0, 0.1) is 5.92 Å². The number of nitrogens with one attached hydrogen (secondary N) is 1. The third kappa shape index (κ3) is 3.09. The number of aromatic nitrogens is 1. The third-order valence-electron chi connectivity index (χ3n) is 5.14. The lowest BCUT2D eigenvalue weighted by atomic mass is 9.83. The number of imide groups is 1. The molecule has 3 atom stereocenters. The maximum absolute atomic E-state index is 13.5. The van der Waals surface area contributed by atoms with E-state index in [1.165, 1.54) is 16.7 Å². The molecule has 9 heteroatoms. The van der Waals surface area contributed by atoms with Crippen LogP contribution in [0.15, 0.2) is 62.8 Å². The predicted octanol–water partition coefficient (Wildman–Crippen LogP) is 4.65. The van der Waals surface area contributed by atoms with Gasteiger partial charge in [0.25, 0.3) is 0 Å². The van der Waals surface area contributed by atoms with E-state index in [2.05, 4.69) is 20.9 Å². The molecular formula is C20H12BrClN2O3S2. The lowest BCUT2D eigenvalue weighted by molar-refractivity contribution is -0.122.